The van der Waals surface area contributed by atoms with Gasteiger partial charge in [-0.2, -0.15) is 0 Å². The molecular weight excluding hydrogens is 244 g/mol. The number of benzene rings is 1. The Labute approximate surface area is 124 Å². The zero-order valence-corrected chi connectivity index (χ0v) is 13.4. The summed E-state index contributed by atoms with van der Waals surface area (Å²) in [5.74, 6) is 0. The Morgan fingerprint density at radius 2 is 2.10 bits per heavy atom. The highest BCUT2D eigenvalue weighted by molar-refractivity contribution is 5.28. The molecule has 0 saturated carbocycles. The van der Waals surface area contributed by atoms with E-state index in [1.54, 1.807) is 0 Å². The molecule has 2 rings (SSSR count). The van der Waals surface area contributed by atoms with E-state index in [1.807, 2.05) is 0 Å². The molecule has 1 fully saturated rings. The lowest BCUT2D eigenvalue weighted by Gasteiger charge is -2.27. The van der Waals surface area contributed by atoms with Crippen LogP contribution in [0.15, 0.2) is 24.3 Å². The van der Waals surface area contributed by atoms with Crippen molar-refractivity contribution in [1.29, 1.82) is 0 Å². The maximum atomic E-state index is 3.67. The molecule has 2 heteroatoms. The molecule has 0 aliphatic carbocycles. The summed E-state index contributed by atoms with van der Waals surface area (Å²) >= 11 is 0. The predicted octanol–water partition coefficient (Wildman–Crippen LogP) is 3.91. The van der Waals surface area contributed by atoms with Gasteiger partial charge in [0.1, 0.15) is 0 Å². The van der Waals surface area contributed by atoms with Crippen molar-refractivity contribution >= 4 is 0 Å². The summed E-state index contributed by atoms with van der Waals surface area (Å²) in [6.07, 6.45) is 5.30. The van der Waals surface area contributed by atoms with Gasteiger partial charge in [-0.1, -0.05) is 38.1 Å². The highest BCUT2D eigenvalue weighted by Crippen LogP contribution is 2.24. The average Bonchev–Trinajstić information content (AvgIpc) is 2.92. The van der Waals surface area contributed by atoms with E-state index in [2.05, 4.69) is 55.3 Å². The topological polar surface area (TPSA) is 15.3 Å². The first-order valence-corrected chi connectivity index (χ1v) is 8.29. The van der Waals surface area contributed by atoms with E-state index in [4.69, 9.17) is 0 Å². The van der Waals surface area contributed by atoms with E-state index in [0.29, 0.717) is 6.04 Å². The third-order valence-electron chi connectivity index (χ3n) is 4.69. The first-order valence-electron chi connectivity index (χ1n) is 8.29. The van der Waals surface area contributed by atoms with Crippen molar-refractivity contribution in [3.63, 3.8) is 0 Å². The van der Waals surface area contributed by atoms with Gasteiger partial charge in [-0.05, 0) is 56.8 Å². The van der Waals surface area contributed by atoms with Crippen molar-refractivity contribution in [2.45, 2.75) is 58.5 Å². The van der Waals surface area contributed by atoms with E-state index in [9.17, 15) is 0 Å². The van der Waals surface area contributed by atoms with Crippen LogP contribution < -0.4 is 5.32 Å². The highest BCUT2D eigenvalue weighted by atomic mass is 15.2. The first kappa shape index (κ1) is 15.5. The number of likely N-dealkylation sites (tertiary alicyclic amines) is 1. The third kappa shape index (κ3) is 3.83. The zero-order valence-electron chi connectivity index (χ0n) is 13.4. The molecule has 0 spiro atoms. The fourth-order valence-electron chi connectivity index (χ4n) is 3.54. The van der Waals surface area contributed by atoms with Gasteiger partial charge in [0.05, 0.1) is 0 Å². The monoisotopic (exact) mass is 274 g/mol. The fraction of sp³-hybridized carbons (Fsp3) is 0.667. The van der Waals surface area contributed by atoms with Crippen LogP contribution in [0, 0.1) is 6.92 Å². The lowest BCUT2D eigenvalue weighted by atomic mass is 9.98. The first-order chi connectivity index (χ1) is 9.76. The van der Waals surface area contributed by atoms with E-state index in [-0.39, 0.29) is 0 Å². The smallest absolute Gasteiger partial charge is 0.0334 e. The van der Waals surface area contributed by atoms with Crippen LogP contribution in [-0.4, -0.2) is 30.6 Å². The van der Waals surface area contributed by atoms with Gasteiger partial charge in [-0.25, -0.2) is 0 Å². The number of aryl methyl sites for hydroxylation is 1. The minimum atomic E-state index is 0.499. The molecule has 2 nitrogen and oxygen atoms in total. The fourth-order valence-corrected chi connectivity index (χ4v) is 3.54. The van der Waals surface area contributed by atoms with Gasteiger partial charge in [0.15, 0.2) is 0 Å². The van der Waals surface area contributed by atoms with Crippen LogP contribution in [0.1, 0.15) is 56.7 Å². The minimum absolute atomic E-state index is 0.499. The molecule has 112 valence electrons. The molecule has 0 aromatic heterocycles. The van der Waals surface area contributed by atoms with E-state index in [0.717, 1.165) is 12.6 Å². The van der Waals surface area contributed by atoms with Gasteiger partial charge in [0, 0.05) is 18.6 Å². The maximum absolute atomic E-state index is 3.67. The second kappa shape index (κ2) is 7.80. The maximum Gasteiger partial charge on any atom is 0.0334 e. The molecule has 0 amide bonds. The molecule has 1 N–H and O–H groups in total. The van der Waals surface area contributed by atoms with E-state index >= 15 is 0 Å². The second-order valence-electron chi connectivity index (χ2n) is 6.00. The summed E-state index contributed by atoms with van der Waals surface area (Å²) < 4.78 is 0. The minimum Gasteiger partial charge on any atom is -0.310 e. The Morgan fingerprint density at radius 3 is 2.80 bits per heavy atom. The van der Waals surface area contributed by atoms with Crippen molar-refractivity contribution in [2.24, 2.45) is 0 Å². The van der Waals surface area contributed by atoms with Gasteiger partial charge in [0.25, 0.3) is 0 Å². The van der Waals surface area contributed by atoms with Gasteiger partial charge in [-0.3, -0.25) is 0 Å². The van der Waals surface area contributed by atoms with E-state index in [1.165, 1.54) is 49.9 Å². The molecule has 1 aliphatic rings. The lowest BCUT2D eigenvalue weighted by Crippen LogP contribution is -2.33. The number of nitrogens with zero attached hydrogens (tertiary/aromatic N) is 1. The molecule has 0 bridgehead atoms. The average molecular weight is 274 g/mol. The third-order valence-corrected chi connectivity index (χ3v) is 4.69. The van der Waals surface area contributed by atoms with Crippen LogP contribution in [0.4, 0.5) is 0 Å². The highest BCUT2D eigenvalue weighted by Gasteiger charge is 2.23. The Hall–Kier alpha value is -0.860. The van der Waals surface area contributed by atoms with Crippen molar-refractivity contribution in [3.05, 3.63) is 35.4 Å². The van der Waals surface area contributed by atoms with Crippen LogP contribution in [0.2, 0.25) is 0 Å². The largest absolute Gasteiger partial charge is 0.310 e. The number of rotatable bonds is 7. The van der Waals surface area contributed by atoms with Crippen molar-refractivity contribution in [2.75, 3.05) is 19.6 Å². The standard InChI is InChI=1S/C18H30N2/c1-4-16-10-8-13-20(16)14-12-18(19-5-2)17-11-7-6-9-15(17)3/h6-7,9,11,16,18-19H,4-5,8,10,12-14H2,1-3H3. The van der Waals surface area contributed by atoms with Crippen LogP contribution in [0.25, 0.3) is 0 Å². The van der Waals surface area contributed by atoms with E-state index < -0.39 is 0 Å². The molecule has 2 atom stereocenters. The van der Waals surface area contributed by atoms with Crippen molar-refractivity contribution in [1.82, 2.24) is 10.2 Å². The number of nitrogens with one attached hydrogen (secondary N) is 1. The molecule has 20 heavy (non-hydrogen) atoms. The normalized spacial score (nSPS) is 21.2. The van der Waals surface area contributed by atoms with Gasteiger partial charge < -0.3 is 10.2 Å². The summed E-state index contributed by atoms with van der Waals surface area (Å²) in [5, 5.41) is 3.67. The Morgan fingerprint density at radius 1 is 1.30 bits per heavy atom. The second-order valence-corrected chi connectivity index (χ2v) is 6.00. The number of hydrogen-bond acceptors (Lipinski definition) is 2. The molecule has 1 aliphatic heterocycles. The van der Waals surface area contributed by atoms with Crippen molar-refractivity contribution < 1.29 is 0 Å². The van der Waals surface area contributed by atoms with Gasteiger partial charge >= 0.3 is 0 Å². The lowest BCUT2D eigenvalue weighted by molar-refractivity contribution is 0.234. The van der Waals surface area contributed by atoms with Gasteiger partial charge in [0.2, 0.25) is 0 Å². The SMILES string of the molecule is CCNC(CCN1CCCC1CC)c1ccccc1C. The van der Waals surface area contributed by atoms with Crippen LogP contribution in [-0.2, 0) is 0 Å². The molecule has 1 aromatic carbocycles. The summed E-state index contributed by atoms with van der Waals surface area (Å²) in [7, 11) is 0. The van der Waals surface area contributed by atoms with Gasteiger partial charge in [-0.15, -0.1) is 0 Å². The summed E-state index contributed by atoms with van der Waals surface area (Å²) in [6, 6.07) is 10.1. The Kier molecular flexibility index (Phi) is 6.06. The molecule has 1 saturated heterocycles. The van der Waals surface area contributed by atoms with Crippen LogP contribution in [0.5, 0.6) is 0 Å². The van der Waals surface area contributed by atoms with Crippen LogP contribution >= 0.6 is 0 Å². The summed E-state index contributed by atoms with van der Waals surface area (Å²) in [4.78, 5) is 2.70. The van der Waals surface area contributed by atoms with Crippen molar-refractivity contribution in [3.8, 4) is 0 Å². The molecule has 2 unspecified atom stereocenters. The predicted molar refractivity (Wildman–Crippen MR) is 87.1 cm³/mol. The molecule has 1 aromatic rings. The summed E-state index contributed by atoms with van der Waals surface area (Å²) in [5.41, 5.74) is 2.88. The zero-order chi connectivity index (χ0) is 14.4. The molecule has 0 radical (unpaired) electrons. The van der Waals surface area contributed by atoms with Crippen LogP contribution in [0.3, 0.4) is 0 Å². The molecule has 1 heterocycles. The summed E-state index contributed by atoms with van der Waals surface area (Å²) in [6.45, 7) is 10.3. The number of hydrogen-bond donors (Lipinski definition) is 1. The quantitative estimate of drug-likeness (QED) is 0.811. The Balaban J connectivity index is 1.97. The Bertz CT molecular complexity index is 402. The molecular formula is C18H30N2.